The summed E-state index contributed by atoms with van der Waals surface area (Å²) < 4.78 is 1.55. The van der Waals surface area contributed by atoms with Crippen LogP contribution >= 0.6 is 15.9 Å². The van der Waals surface area contributed by atoms with Gasteiger partial charge in [0.25, 0.3) is 0 Å². The molecule has 0 aromatic carbocycles. The Bertz CT molecular complexity index is 475. The predicted molar refractivity (Wildman–Crippen MR) is 73.8 cm³/mol. The van der Waals surface area contributed by atoms with Crippen LogP contribution in [0.3, 0.4) is 0 Å². The number of aromatic nitrogens is 2. The standard InChI is InChI=1S/C11H17BrN4O3/c1-4-5-7(2)13-11(17)8(3)15-6-9(12)10(14-15)16(18)19/h6-8H,4-5H2,1-3H3,(H,13,17). The van der Waals surface area contributed by atoms with Crippen molar-refractivity contribution in [2.24, 2.45) is 0 Å². The Balaban J connectivity index is 2.77. The molecule has 106 valence electrons. The molecule has 1 heterocycles. The lowest BCUT2D eigenvalue weighted by atomic mass is 10.2. The molecule has 0 spiro atoms. The minimum atomic E-state index is -0.593. The Hall–Kier alpha value is -1.44. The van der Waals surface area contributed by atoms with Crippen molar-refractivity contribution >= 4 is 27.7 Å². The third kappa shape index (κ3) is 4.02. The molecule has 0 saturated carbocycles. The number of amides is 1. The van der Waals surface area contributed by atoms with Gasteiger partial charge < -0.3 is 15.4 Å². The Morgan fingerprint density at radius 1 is 1.63 bits per heavy atom. The fourth-order valence-corrected chi connectivity index (χ4v) is 2.10. The second-order valence-corrected chi connectivity index (χ2v) is 5.27. The van der Waals surface area contributed by atoms with E-state index in [9.17, 15) is 14.9 Å². The molecule has 0 aliphatic heterocycles. The van der Waals surface area contributed by atoms with Crippen LogP contribution in [0.2, 0.25) is 0 Å². The molecule has 1 aromatic rings. The normalized spacial score (nSPS) is 13.9. The van der Waals surface area contributed by atoms with Crippen molar-refractivity contribution in [1.82, 2.24) is 15.1 Å². The van der Waals surface area contributed by atoms with E-state index in [1.54, 1.807) is 6.92 Å². The number of nitrogens with one attached hydrogen (secondary N) is 1. The highest BCUT2D eigenvalue weighted by Crippen LogP contribution is 2.24. The van der Waals surface area contributed by atoms with E-state index in [1.807, 2.05) is 13.8 Å². The molecule has 2 atom stereocenters. The largest absolute Gasteiger partial charge is 0.404 e. The summed E-state index contributed by atoms with van der Waals surface area (Å²) in [6.07, 6.45) is 3.31. The van der Waals surface area contributed by atoms with E-state index in [0.717, 1.165) is 12.8 Å². The van der Waals surface area contributed by atoms with Gasteiger partial charge >= 0.3 is 5.82 Å². The molecule has 2 unspecified atom stereocenters. The first-order chi connectivity index (χ1) is 8.86. The number of hydrogen-bond acceptors (Lipinski definition) is 4. The predicted octanol–water partition coefficient (Wildman–Crippen LogP) is 2.42. The third-order valence-electron chi connectivity index (χ3n) is 2.73. The van der Waals surface area contributed by atoms with E-state index in [1.165, 1.54) is 10.9 Å². The molecule has 0 bridgehead atoms. The molecule has 1 rings (SSSR count). The minimum Gasteiger partial charge on any atom is -0.358 e. The van der Waals surface area contributed by atoms with Gasteiger partial charge in [-0.25, -0.2) is 0 Å². The fourth-order valence-electron chi connectivity index (χ4n) is 1.67. The Kier molecular flexibility index (Phi) is 5.46. The lowest BCUT2D eigenvalue weighted by Gasteiger charge is -2.15. The Labute approximate surface area is 119 Å². The van der Waals surface area contributed by atoms with Crippen LogP contribution < -0.4 is 5.32 Å². The second kappa shape index (κ2) is 6.65. The number of hydrogen-bond donors (Lipinski definition) is 1. The molecule has 8 heteroatoms. The number of halogens is 1. The number of carbonyl (C=O) groups excluding carboxylic acids is 1. The van der Waals surface area contributed by atoms with E-state index in [2.05, 4.69) is 26.3 Å². The maximum atomic E-state index is 12.0. The molecular weight excluding hydrogens is 316 g/mol. The number of carbonyl (C=O) groups is 1. The van der Waals surface area contributed by atoms with E-state index >= 15 is 0 Å². The van der Waals surface area contributed by atoms with Crippen molar-refractivity contribution < 1.29 is 9.72 Å². The van der Waals surface area contributed by atoms with Gasteiger partial charge in [-0.15, -0.1) is 0 Å². The molecule has 0 radical (unpaired) electrons. The van der Waals surface area contributed by atoms with Gasteiger partial charge in [0.05, 0.1) is 11.3 Å². The average molecular weight is 333 g/mol. The summed E-state index contributed by atoms with van der Waals surface area (Å²) in [4.78, 5) is 22.1. The van der Waals surface area contributed by atoms with Gasteiger partial charge in [0, 0.05) is 6.04 Å². The van der Waals surface area contributed by atoms with E-state index in [4.69, 9.17) is 0 Å². The third-order valence-corrected chi connectivity index (χ3v) is 3.29. The van der Waals surface area contributed by atoms with Crippen LogP contribution in [0.5, 0.6) is 0 Å². The summed E-state index contributed by atoms with van der Waals surface area (Å²) in [6.45, 7) is 5.62. The lowest BCUT2D eigenvalue weighted by Crippen LogP contribution is -2.37. The van der Waals surface area contributed by atoms with Crippen LogP contribution in [-0.2, 0) is 4.79 Å². The molecule has 0 fully saturated rings. The molecule has 0 aliphatic rings. The highest BCUT2D eigenvalue weighted by atomic mass is 79.9. The molecule has 7 nitrogen and oxygen atoms in total. The van der Waals surface area contributed by atoms with Crippen LogP contribution in [0, 0.1) is 10.1 Å². The van der Waals surface area contributed by atoms with Gasteiger partial charge in [0.2, 0.25) is 5.91 Å². The quantitative estimate of drug-likeness (QED) is 0.639. The molecular formula is C11H17BrN4O3. The number of rotatable bonds is 6. The molecule has 1 amide bonds. The first kappa shape index (κ1) is 15.6. The van der Waals surface area contributed by atoms with Crippen molar-refractivity contribution in [3.63, 3.8) is 0 Å². The fraction of sp³-hybridized carbons (Fsp3) is 0.636. The number of nitro groups is 1. The summed E-state index contributed by atoms with van der Waals surface area (Å²) in [7, 11) is 0. The SMILES string of the molecule is CCCC(C)NC(=O)C(C)n1cc(Br)c([N+](=O)[O-])n1. The minimum absolute atomic E-state index is 0.0777. The van der Waals surface area contributed by atoms with Gasteiger partial charge in [0.15, 0.2) is 0 Å². The van der Waals surface area contributed by atoms with E-state index in [-0.39, 0.29) is 22.2 Å². The van der Waals surface area contributed by atoms with Crippen molar-refractivity contribution in [2.75, 3.05) is 0 Å². The summed E-state index contributed by atoms with van der Waals surface area (Å²) in [5, 5.41) is 17.3. The Morgan fingerprint density at radius 2 is 2.26 bits per heavy atom. The van der Waals surface area contributed by atoms with E-state index < -0.39 is 11.0 Å². The highest BCUT2D eigenvalue weighted by molar-refractivity contribution is 9.10. The van der Waals surface area contributed by atoms with Crippen molar-refractivity contribution in [2.45, 2.75) is 45.7 Å². The first-order valence-electron chi connectivity index (χ1n) is 6.06. The summed E-state index contributed by atoms with van der Waals surface area (Å²) in [5.41, 5.74) is 0. The topological polar surface area (TPSA) is 90.1 Å². The summed E-state index contributed by atoms with van der Waals surface area (Å²) >= 11 is 3.05. The van der Waals surface area contributed by atoms with Crippen molar-refractivity contribution in [3.05, 3.63) is 20.8 Å². The molecule has 0 aliphatic carbocycles. The van der Waals surface area contributed by atoms with Gasteiger partial charge in [-0.3, -0.25) is 4.79 Å². The monoisotopic (exact) mass is 332 g/mol. The zero-order chi connectivity index (χ0) is 14.6. The van der Waals surface area contributed by atoms with Crippen LogP contribution in [0.1, 0.15) is 39.7 Å². The van der Waals surface area contributed by atoms with Gasteiger partial charge in [-0.1, -0.05) is 13.3 Å². The Morgan fingerprint density at radius 3 is 2.74 bits per heavy atom. The molecule has 0 saturated heterocycles. The number of nitrogens with zero attached hydrogens (tertiary/aromatic N) is 3. The van der Waals surface area contributed by atoms with Crippen molar-refractivity contribution in [3.8, 4) is 0 Å². The van der Waals surface area contributed by atoms with Gasteiger partial charge in [0.1, 0.15) is 10.5 Å². The van der Waals surface area contributed by atoms with E-state index in [0.29, 0.717) is 0 Å². The molecule has 19 heavy (non-hydrogen) atoms. The summed E-state index contributed by atoms with van der Waals surface area (Å²) in [6, 6.07) is -0.516. The zero-order valence-corrected chi connectivity index (χ0v) is 12.7. The maximum Gasteiger partial charge on any atom is 0.404 e. The average Bonchev–Trinajstić information content (AvgIpc) is 2.70. The van der Waals surface area contributed by atoms with Crippen LogP contribution in [0.4, 0.5) is 5.82 Å². The van der Waals surface area contributed by atoms with Crippen LogP contribution in [-0.4, -0.2) is 26.7 Å². The zero-order valence-electron chi connectivity index (χ0n) is 11.1. The first-order valence-corrected chi connectivity index (χ1v) is 6.85. The van der Waals surface area contributed by atoms with Gasteiger partial charge in [-0.05, 0) is 41.1 Å². The second-order valence-electron chi connectivity index (χ2n) is 4.41. The van der Waals surface area contributed by atoms with Gasteiger partial charge in [-0.2, -0.15) is 4.68 Å². The van der Waals surface area contributed by atoms with Crippen LogP contribution in [0.15, 0.2) is 10.7 Å². The maximum absolute atomic E-state index is 12.0. The van der Waals surface area contributed by atoms with Crippen molar-refractivity contribution in [1.29, 1.82) is 0 Å². The smallest absolute Gasteiger partial charge is 0.358 e. The van der Waals surface area contributed by atoms with Crippen LogP contribution in [0.25, 0.3) is 0 Å². The molecule has 1 N–H and O–H groups in total. The lowest BCUT2D eigenvalue weighted by molar-refractivity contribution is -0.390. The summed E-state index contributed by atoms with van der Waals surface area (Å²) in [5.74, 6) is -0.493. The molecule has 1 aromatic heterocycles. The highest BCUT2D eigenvalue weighted by Gasteiger charge is 2.25.